The van der Waals surface area contributed by atoms with Gasteiger partial charge in [-0.1, -0.05) is 35.9 Å². The van der Waals surface area contributed by atoms with Crippen molar-refractivity contribution < 1.29 is 5.11 Å². The van der Waals surface area contributed by atoms with Gasteiger partial charge in [0.05, 0.1) is 6.10 Å². The van der Waals surface area contributed by atoms with E-state index in [1.807, 2.05) is 10.2 Å². The predicted octanol–water partition coefficient (Wildman–Crippen LogP) is 2.49. The molecule has 0 radical (unpaired) electrons. The van der Waals surface area contributed by atoms with E-state index in [4.69, 9.17) is 0 Å². The van der Waals surface area contributed by atoms with Crippen LogP contribution in [0.15, 0.2) is 10.2 Å². The van der Waals surface area contributed by atoms with Gasteiger partial charge in [-0.2, -0.15) is 0 Å². The van der Waals surface area contributed by atoms with Crippen molar-refractivity contribution in [3.05, 3.63) is 10.2 Å². The summed E-state index contributed by atoms with van der Waals surface area (Å²) < 4.78 is 1.89. The van der Waals surface area contributed by atoms with Gasteiger partial charge < -0.3 is 5.11 Å². The Hall–Kier alpha value is 0.430. The molecule has 0 heterocycles. The molecule has 1 unspecified atom stereocenters. The molecular weight excluding hydrogens is 239 g/mol. The van der Waals surface area contributed by atoms with E-state index in [1.165, 1.54) is 19.3 Å². The molecule has 2 heteroatoms. The van der Waals surface area contributed by atoms with Gasteiger partial charge in [0.1, 0.15) is 0 Å². The summed E-state index contributed by atoms with van der Waals surface area (Å²) in [6.07, 6.45) is 5.28. The van der Waals surface area contributed by atoms with Crippen molar-refractivity contribution >= 4 is 22.6 Å². The highest BCUT2D eigenvalue weighted by Gasteiger charge is 2.37. The highest BCUT2D eigenvalue weighted by Crippen LogP contribution is 2.43. The van der Waals surface area contributed by atoms with E-state index in [0.29, 0.717) is 0 Å². The van der Waals surface area contributed by atoms with Crippen LogP contribution in [0, 0.1) is 5.41 Å². The third kappa shape index (κ3) is 1.53. The van der Waals surface area contributed by atoms with Crippen LogP contribution < -0.4 is 0 Å². The van der Waals surface area contributed by atoms with E-state index in [1.54, 1.807) is 0 Å². The topological polar surface area (TPSA) is 20.2 Å². The van der Waals surface area contributed by atoms with Crippen molar-refractivity contribution in [2.75, 3.05) is 0 Å². The van der Waals surface area contributed by atoms with Crippen molar-refractivity contribution in [1.82, 2.24) is 0 Å². The summed E-state index contributed by atoms with van der Waals surface area (Å²) in [6.45, 7) is 2.15. The summed E-state index contributed by atoms with van der Waals surface area (Å²) in [4.78, 5) is 0. The van der Waals surface area contributed by atoms with E-state index >= 15 is 0 Å². The van der Waals surface area contributed by atoms with Crippen LogP contribution in [0.1, 0.15) is 26.2 Å². The van der Waals surface area contributed by atoms with Crippen LogP contribution in [0.3, 0.4) is 0 Å². The predicted molar refractivity (Wildman–Crippen MR) is 51.1 cm³/mol. The van der Waals surface area contributed by atoms with Crippen LogP contribution in [-0.2, 0) is 0 Å². The van der Waals surface area contributed by atoms with Crippen molar-refractivity contribution in [3.63, 3.8) is 0 Å². The zero-order valence-electron chi connectivity index (χ0n) is 6.18. The van der Waals surface area contributed by atoms with E-state index in [0.717, 1.165) is 0 Å². The second kappa shape index (κ2) is 3.22. The van der Waals surface area contributed by atoms with Gasteiger partial charge in [0, 0.05) is 0 Å². The molecule has 1 nitrogen and oxygen atoms in total. The van der Waals surface area contributed by atoms with Gasteiger partial charge in [-0.05, 0) is 28.4 Å². The van der Waals surface area contributed by atoms with Gasteiger partial charge in [0.15, 0.2) is 0 Å². The Morgan fingerprint density at radius 2 is 2.20 bits per heavy atom. The SMILES string of the molecule is CC1(C(O)/C=C\I)CCC1. The molecule has 1 rings (SSSR count). The maximum absolute atomic E-state index is 9.54. The quantitative estimate of drug-likeness (QED) is 0.748. The maximum atomic E-state index is 9.54. The monoisotopic (exact) mass is 252 g/mol. The third-order valence-corrected chi connectivity index (χ3v) is 2.88. The van der Waals surface area contributed by atoms with Crippen molar-refractivity contribution in [2.24, 2.45) is 5.41 Å². The smallest absolute Gasteiger partial charge is 0.0781 e. The van der Waals surface area contributed by atoms with Gasteiger partial charge in [-0.15, -0.1) is 0 Å². The van der Waals surface area contributed by atoms with Crippen LogP contribution in [-0.4, -0.2) is 11.2 Å². The lowest BCUT2D eigenvalue weighted by Crippen LogP contribution is -2.37. The molecule has 1 aliphatic carbocycles. The van der Waals surface area contributed by atoms with E-state index in [-0.39, 0.29) is 11.5 Å². The lowest BCUT2D eigenvalue weighted by Gasteiger charge is -2.41. The van der Waals surface area contributed by atoms with E-state index in [9.17, 15) is 5.11 Å². The third-order valence-electron chi connectivity index (χ3n) is 2.46. The normalized spacial score (nSPS) is 26.3. The van der Waals surface area contributed by atoms with Crippen LogP contribution in [0.5, 0.6) is 0 Å². The number of rotatable bonds is 2. The van der Waals surface area contributed by atoms with Crippen molar-refractivity contribution in [3.8, 4) is 0 Å². The first-order chi connectivity index (χ1) is 4.69. The number of hydrogen-bond donors (Lipinski definition) is 1. The first-order valence-corrected chi connectivity index (χ1v) is 4.88. The highest BCUT2D eigenvalue weighted by molar-refractivity contribution is 14.1. The van der Waals surface area contributed by atoms with Crippen LogP contribution in [0.4, 0.5) is 0 Å². The number of aliphatic hydroxyl groups is 1. The molecule has 1 N–H and O–H groups in total. The molecule has 58 valence electrons. The summed E-state index contributed by atoms with van der Waals surface area (Å²) >= 11 is 2.14. The Morgan fingerprint density at radius 1 is 1.60 bits per heavy atom. The zero-order valence-corrected chi connectivity index (χ0v) is 8.34. The van der Waals surface area contributed by atoms with E-state index < -0.39 is 0 Å². The van der Waals surface area contributed by atoms with Crippen molar-refractivity contribution in [1.29, 1.82) is 0 Å². The molecule has 0 aromatic carbocycles. The summed E-state index contributed by atoms with van der Waals surface area (Å²) in [7, 11) is 0. The minimum atomic E-state index is -0.224. The fraction of sp³-hybridized carbons (Fsp3) is 0.750. The standard InChI is InChI=1S/C8H13IO/c1-8(4-2-5-8)7(10)3-6-9/h3,6-7,10H,2,4-5H2,1H3/b6-3-. The molecule has 1 fully saturated rings. The maximum Gasteiger partial charge on any atom is 0.0781 e. The highest BCUT2D eigenvalue weighted by atomic mass is 127. The fourth-order valence-corrected chi connectivity index (χ4v) is 1.72. The zero-order chi connectivity index (χ0) is 7.61. The number of aliphatic hydroxyl groups excluding tert-OH is 1. The molecule has 0 aromatic rings. The summed E-state index contributed by atoms with van der Waals surface area (Å²) in [5.74, 6) is 0. The fourth-order valence-electron chi connectivity index (χ4n) is 1.33. The van der Waals surface area contributed by atoms with Crippen LogP contribution in [0.2, 0.25) is 0 Å². The van der Waals surface area contributed by atoms with Gasteiger partial charge in [0.25, 0.3) is 0 Å². The van der Waals surface area contributed by atoms with Crippen LogP contribution in [0.25, 0.3) is 0 Å². The largest absolute Gasteiger partial charge is 0.388 e. The van der Waals surface area contributed by atoms with Gasteiger partial charge in [-0.25, -0.2) is 0 Å². The minimum absolute atomic E-state index is 0.196. The Balaban J connectivity index is 2.46. The molecule has 1 aliphatic rings. The Bertz CT molecular complexity index is 138. The molecular formula is C8H13IO. The molecule has 0 saturated heterocycles. The molecule has 0 bridgehead atoms. The second-order valence-corrected chi connectivity index (χ2v) is 3.99. The molecule has 0 amide bonds. The average Bonchev–Trinajstić information content (AvgIpc) is 1.83. The molecule has 10 heavy (non-hydrogen) atoms. The Labute approximate surface area is 75.7 Å². The number of hydrogen-bond acceptors (Lipinski definition) is 1. The first kappa shape index (κ1) is 8.53. The molecule has 1 saturated carbocycles. The minimum Gasteiger partial charge on any atom is -0.388 e. The lowest BCUT2D eigenvalue weighted by molar-refractivity contribution is 0.0115. The summed E-state index contributed by atoms with van der Waals surface area (Å²) in [5, 5.41) is 9.54. The van der Waals surface area contributed by atoms with Gasteiger partial charge in [-0.3, -0.25) is 0 Å². The van der Waals surface area contributed by atoms with Gasteiger partial charge in [0.2, 0.25) is 0 Å². The second-order valence-electron chi connectivity index (χ2n) is 3.27. The Morgan fingerprint density at radius 3 is 2.50 bits per heavy atom. The van der Waals surface area contributed by atoms with Crippen LogP contribution >= 0.6 is 22.6 Å². The molecule has 0 spiro atoms. The van der Waals surface area contributed by atoms with Gasteiger partial charge >= 0.3 is 0 Å². The number of halogens is 1. The average molecular weight is 252 g/mol. The van der Waals surface area contributed by atoms with Crippen molar-refractivity contribution in [2.45, 2.75) is 32.3 Å². The summed E-state index contributed by atoms with van der Waals surface area (Å²) in [6, 6.07) is 0. The Kier molecular flexibility index (Phi) is 2.74. The molecule has 0 aromatic heterocycles. The molecule has 1 atom stereocenters. The molecule has 0 aliphatic heterocycles. The first-order valence-electron chi connectivity index (χ1n) is 3.64. The summed E-state index contributed by atoms with van der Waals surface area (Å²) in [5.41, 5.74) is 0.196. The lowest BCUT2D eigenvalue weighted by atomic mass is 9.67. The van der Waals surface area contributed by atoms with E-state index in [2.05, 4.69) is 29.5 Å².